The highest BCUT2D eigenvalue weighted by Gasteiger charge is 2.17. The summed E-state index contributed by atoms with van der Waals surface area (Å²) in [6.45, 7) is 0.522. The van der Waals surface area contributed by atoms with E-state index >= 15 is 0 Å². The van der Waals surface area contributed by atoms with Gasteiger partial charge in [-0.05, 0) is 23.8 Å². The Morgan fingerprint density at radius 1 is 1.32 bits per heavy atom. The lowest BCUT2D eigenvalue weighted by molar-refractivity contribution is 0.0780. The highest BCUT2D eigenvalue weighted by molar-refractivity contribution is 9.10. The standard InChI is InChI=1S/C16H13BrN2O2S/c1-19(9-11-5-2-3-6-12(11)17)16(20)13-10-22-15(18-13)14-7-4-8-21-14/h2-8,10H,9H2,1H3. The second-order valence-corrected chi connectivity index (χ2v) is 6.48. The number of halogens is 1. The third kappa shape index (κ3) is 3.13. The molecular formula is C16H13BrN2O2S. The molecule has 0 atom stereocenters. The number of amides is 1. The number of benzene rings is 1. The summed E-state index contributed by atoms with van der Waals surface area (Å²) in [6.07, 6.45) is 1.59. The summed E-state index contributed by atoms with van der Waals surface area (Å²) in [5.74, 6) is 0.572. The highest BCUT2D eigenvalue weighted by Crippen LogP contribution is 2.25. The van der Waals surface area contributed by atoms with Gasteiger partial charge in [0, 0.05) is 23.4 Å². The number of carbonyl (C=O) groups is 1. The van der Waals surface area contributed by atoms with E-state index in [1.807, 2.05) is 30.3 Å². The van der Waals surface area contributed by atoms with Crippen LogP contribution in [0.15, 0.2) is 56.9 Å². The van der Waals surface area contributed by atoms with E-state index in [0.29, 0.717) is 23.0 Å². The van der Waals surface area contributed by atoms with Crippen LogP contribution in [0.5, 0.6) is 0 Å². The number of carbonyl (C=O) groups excluding carboxylic acids is 1. The number of aromatic nitrogens is 1. The van der Waals surface area contributed by atoms with Crippen molar-refractivity contribution in [3.8, 4) is 10.8 Å². The largest absolute Gasteiger partial charge is 0.462 e. The van der Waals surface area contributed by atoms with Crippen molar-refractivity contribution in [3.63, 3.8) is 0 Å². The lowest BCUT2D eigenvalue weighted by Gasteiger charge is -2.16. The predicted octanol–water partition coefficient (Wildman–Crippen LogP) is 4.44. The summed E-state index contributed by atoms with van der Waals surface area (Å²) in [5, 5.41) is 2.47. The Balaban J connectivity index is 1.75. The molecule has 3 aromatic rings. The highest BCUT2D eigenvalue weighted by atomic mass is 79.9. The van der Waals surface area contributed by atoms with E-state index in [-0.39, 0.29) is 5.91 Å². The molecule has 0 aliphatic rings. The van der Waals surface area contributed by atoms with Crippen LogP contribution in [0.4, 0.5) is 0 Å². The minimum atomic E-state index is -0.107. The molecule has 0 radical (unpaired) electrons. The molecule has 22 heavy (non-hydrogen) atoms. The predicted molar refractivity (Wildman–Crippen MR) is 89.8 cm³/mol. The molecule has 0 spiro atoms. The van der Waals surface area contributed by atoms with Gasteiger partial charge in [-0.25, -0.2) is 4.98 Å². The molecule has 0 saturated heterocycles. The van der Waals surface area contributed by atoms with Crippen molar-refractivity contribution >= 4 is 33.2 Å². The lowest BCUT2D eigenvalue weighted by Crippen LogP contribution is -2.26. The first-order chi connectivity index (χ1) is 10.6. The van der Waals surface area contributed by atoms with Crippen molar-refractivity contribution in [2.45, 2.75) is 6.54 Å². The van der Waals surface area contributed by atoms with Crippen molar-refractivity contribution in [2.24, 2.45) is 0 Å². The quantitative estimate of drug-likeness (QED) is 0.676. The van der Waals surface area contributed by atoms with Gasteiger partial charge in [-0.1, -0.05) is 34.1 Å². The van der Waals surface area contributed by atoms with E-state index in [0.717, 1.165) is 10.0 Å². The van der Waals surface area contributed by atoms with E-state index < -0.39 is 0 Å². The van der Waals surface area contributed by atoms with Gasteiger partial charge >= 0.3 is 0 Å². The number of thiazole rings is 1. The van der Waals surface area contributed by atoms with Crippen molar-refractivity contribution in [3.05, 3.63) is 63.8 Å². The number of hydrogen-bond donors (Lipinski definition) is 0. The average Bonchev–Trinajstić information content (AvgIpc) is 3.19. The molecule has 2 heterocycles. The van der Waals surface area contributed by atoms with Crippen LogP contribution in [0.25, 0.3) is 10.8 Å². The van der Waals surface area contributed by atoms with Crippen LogP contribution in [-0.2, 0) is 6.54 Å². The molecule has 1 aromatic carbocycles. The van der Waals surface area contributed by atoms with Gasteiger partial charge in [0.1, 0.15) is 5.69 Å². The van der Waals surface area contributed by atoms with Gasteiger partial charge in [0.05, 0.1) is 6.26 Å². The third-order valence-corrected chi connectivity index (χ3v) is 4.80. The van der Waals surface area contributed by atoms with Crippen LogP contribution >= 0.6 is 27.3 Å². The molecule has 0 bridgehead atoms. The first-order valence-corrected chi connectivity index (χ1v) is 8.30. The molecule has 4 nitrogen and oxygen atoms in total. The van der Waals surface area contributed by atoms with Crippen molar-refractivity contribution in [1.82, 2.24) is 9.88 Å². The zero-order chi connectivity index (χ0) is 15.5. The van der Waals surface area contributed by atoms with Gasteiger partial charge in [-0.3, -0.25) is 4.79 Å². The second-order valence-electron chi connectivity index (χ2n) is 4.77. The van der Waals surface area contributed by atoms with Crippen LogP contribution in [0.1, 0.15) is 16.1 Å². The van der Waals surface area contributed by atoms with Crippen LogP contribution in [0.3, 0.4) is 0 Å². The van der Waals surface area contributed by atoms with Crippen LogP contribution in [0.2, 0.25) is 0 Å². The third-order valence-electron chi connectivity index (χ3n) is 3.17. The molecular weight excluding hydrogens is 364 g/mol. The molecule has 0 unspecified atom stereocenters. The Labute approximate surface area is 140 Å². The number of hydrogen-bond acceptors (Lipinski definition) is 4. The maximum atomic E-state index is 12.5. The van der Waals surface area contributed by atoms with Crippen molar-refractivity contribution in [1.29, 1.82) is 0 Å². The molecule has 3 rings (SSSR count). The Hall–Kier alpha value is -1.92. The van der Waals surface area contributed by atoms with Gasteiger partial charge in [0.15, 0.2) is 10.8 Å². The summed E-state index contributed by atoms with van der Waals surface area (Å²) < 4.78 is 6.29. The summed E-state index contributed by atoms with van der Waals surface area (Å²) in [6, 6.07) is 11.5. The van der Waals surface area contributed by atoms with Gasteiger partial charge in [-0.15, -0.1) is 11.3 Å². The minimum Gasteiger partial charge on any atom is -0.462 e. The van der Waals surface area contributed by atoms with Gasteiger partial charge in [0.2, 0.25) is 0 Å². The monoisotopic (exact) mass is 376 g/mol. The number of rotatable bonds is 4. The van der Waals surface area contributed by atoms with Crippen LogP contribution in [-0.4, -0.2) is 22.8 Å². The van der Waals surface area contributed by atoms with E-state index in [1.165, 1.54) is 11.3 Å². The van der Waals surface area contributed by atoms with Crippen molar-refractivity contribution in [2.75, 3.05) is 7.05 Å². The lowest BCUT2D eigenvalue weighted by atomic mass is 10.2. The summed E-state index contributed by atoms with van der Waals surface area (Å²) in [7, 11) is 1.77. The molecule has 0 aliphatic heterocycles. The van der Waals surface area contributed by atoms with Crippen molar-refractivity contribution < 1.29 is 9.21 Å². The summed E-state index contributed by atoms with van der Waals surface area (Å²) in [5.41, 5.74) is 1.49. The summed E-state index contributed by atoms with van der Waals surface area (Å²) >= 11 is 4.90. The zero-order valence-corrected chi connectivity index (χ0v) is 14.2. The maximum absolute atomic E-state index is 12.5. The molecule has 2 aromatic heterocycles. The molecule has 1 amide bonds. The normalized spacial score (nSPS) is 10.6. The number of nitrogens with zero attached hydrogens (tertiary/aromatic N) is 2. The van der Waals surface area contributed by atoms with Crippen LogP contribution in [0, 0.1) is 0 Å². The Morgan fingerprint density at radius 3 is 2.86 bits per heavy atom. The fourth-order valence-corrected chi connectivity index (χ4v) is 3.21. The molecule has 6 heteroatoms. The first-order valence-electron chi connectivity index (χ1n) is 6.63. The topological polar surface area (TPSA) is 46.3 Å². The minimum absolute atomic E-state index is 0.107. The molecule has 0 fully saturated rings. The Kier molecular flexibility index (Phi) is 4.40. The second kappa shape index (κ2) is 6.46. The summed E-state index contributed by atoms with van der Waals surface area (Å²) in [4.78, 5) is 18.5. The van der Waals surface area contributed by atoms with E-state index in [9.17, 15) is 4.79 Å². The first kappa shape index (κ1) is 15.0. The van der Waals surface area contributed by atoms with Gasteiger partial charge in [0.25, 0.3) is 5.91 Å². The average molecular weight is 377 g/mol. The van der Waals surface area contributed by atoms with Gasteiger partial charge in [-0.2, -0.15) is 0 Å². The Bertz CT molecular complexity index is 783. The van der Waals surface area contributed by atoms with Gasteiger partial charge < -0.3 is 9.32 Å². The van der Waals surface area contributed by atoms with E-state index in [1.54, 1.807) is 29.7 Å². The molecule has 0 N–H and O–H groups in total. The van der Waals surface area contributed by atoms with E-state index in [2.05, 4.69) is 20.9 Å². The fourth-order valence-electron chi connectivity index (χ4n) is 2.03. The molecule has 112 valence electrons. The number of furan rings is 1. The zero-order valence-electron chi connectivity index (χ0n) is 11.8. The fraction of sp³-hybridized carbons (Fsp3) is 0.125. The maximum Gasteiger partial charge on any atom is 0.273 e. The van der Waals surface area contributed by atoms with E-state index in [4.69, 9.17) is 4.42 Å². The Morgan fingerprint density at radius 2 is 2.14 bits per heavy atom. The SMILES string of the molecule is CN(Cc1ccccc1Br)C(=O)c1csc(-c2ccco2)n1. The molecule has 0 saturated carbocycles. The van der Waals surface area contributed by atoms with Crippen LogP contribution < -0.4 is 0 Å². The smallest absolute Gasteiger partial charge is 0.273 e. The molecule has 0 aliphatic carbocycles.